The summed E-state index contributed by atoms with van der Waals surface area (Å²) in [5.41, 5.74) is 9.49. The van der Waals surface area contributed by atoms with Gasteiger partial charge in [0.25, 0.3) is 0 Å². The van der Waals surface area contributed by atoms with Gasteiger partial charge >= 0.3 is 0 Å². The number of unbranched alkanes of at least 4 members (excludes halogenated alkanes) is 1. The van der Waals surface area contributed by atoms with E-state index in [4.69, 9.17) is 20.2 Å². The van der Waals surface area contributed by atoms with Gasteiger partial charge in [-0.25, -0.2) is 15.0 Å². The Hall–Kier alpha value is -3.25. The molecule has 1 aliphatic rings. The molecule has 3 aromatic heterocycles. The van der Waals surface area contributed by atoms with E-state index in [9.17, 15) is 10.2 Å². The van der Waals surface area contributed by atoms with Crippen LogP contribution in [0.2, 0.25) is 0 Å². The van der Waals surface area contributed by atoms with E-state index in [1.54, 1.807) is 23.2 Å². The van der Waals surface area contributed by atoms with E-state index in [2.05, 4.69) is 33.7 Å². The number of hydrogen-bond donors (Lipinski definition) is 4. The molecule has 11 nitrogen and oxygen atoms in total. The number of nitrogen functional groups attached to an aromatic ring is 1. The number of anilines is 1. The number of aliphatic hydroxyl groups excluding tert-OH is 2. The van der Waals surface area contributed by atoms with Crippen molar-refractivity contribution in [1.82, 2.24) is 29.4 Å². The Morgan fingerprint density at radius 2 is 1.95 bits per heavy atom. The molecule has 0 aliphatic carbocycles. The molecule has 4 heterocycles. The van der Waals surface area contributed by atoms with Crippen molar-refractivity contribution in [3.05, 3.63) is 42.6 Å². The first-order chi connectivity index (χ1) is 18.7. The number of H-pyrrole nitrogens is 1. The number of nitrogens with one attached hydrogen (secondary N) is 1. The molecular formula is C28H39N7O4. The van der Waals surface area contributed by atoms with E-state index >= 15 is 0 Å². The molecule has 0 spiro atoms. The van der Waals surface area contributed by atoms with E-state index in [0.717, 1.165) is 48.4 Å². The Morgan fingerprint density at radius 3 is 2.72 bits per heavy atom. The molecule has 11 heteroatoms. The zero-order valence-electron chi connectivity index (χ0n) is 23.0. The zero-order valence-corrected chi connectivity index (χ0v) is 23.0. The van der Waals surface area contributed by atoms with Crippen LogP contribution in [0.5, 0.6) is 5.75 Å². The third kappa shape index (κ3) is 5.86. The summed E-state index contributed by atoms with van der Waals surface area (Å²) in [5, 5.41) is 21.7. The van der Waals surface area contributed by atoms with Gasteiger partial charge in [0.2, 0.25) is 0 Å². The van der Waals surface area contributed by atoms with Crippen LogP contribution in [0.3, 0.4) is 0 Å². The van der Waals surface area contributed by atoms with Gasteiger partial charge in [-0.15, -0.1) is 0 Å². The molecule has 1 saturated heterocycles. The first-order valence-corrected chi connectivity index (χ1v) is 13.7. The maximum absolute atomic E-state index is 10.8. The second-order valence-corrected chi connectivity index (χ2v) is 10.8. The minimum atomic E-state index is -1.11. The lowest BCUT2D eigenvalue weighted by Gasteiger charge is -2.30. The fourth-order valence-electron chi connectivity index (χ4n) is 5.15. The highest BCUT2D eigenvalue weighted by Gasteiger charge is 2.45. The van der Waals surface area contributed by atoms with Gasteiger partial charge in [0.15, 0.2) is 11.9 Å². The van der Waals surface area contributed by atoms with E-state index in [-0.39, 0.29) is 12.1 Å². The summed E-state index contributed by atoms with van der Waals surface area (Å²) in [6.07, 6.45) is 2.55. The van der Waals surface area contributed by atoms with Gasteiger partial charge in [0.1, 0.15) is 35.4 Å². The van der Waals surface area contributed by atoms with Crippen LogP contribution in [0.25, 0.3) is 22.2 Å². The first-order valence-electron chi connectivity index (χ1n) is 13.7. The Balaban J connectivity index is 1.17. The van der Waals surface area contributed by atoms with Gasteiger partial charge in [-0.05, 0) is 65.3 Å². The number of aromatic nitrogens is 5. The van der Waals surface area contributed by atoms with Crippen LogP contribution in [-0.4, -0.2) is 83.2 Å². The maximum Gasteiger partial charge on any atom is 0.165 e. The molecule has 5 rings (SSSR count). The fraction of sp³-hybridized carbons (Fsp3) is 0.536. The number of hydrogen-bond acceptors (Lipinski definition) is 9. The number of ether oxygens (including phenoxy) is 2. The van der Waals surface area contributed by atoms with Crippen LogP contribution < -0.4 is 10.5 Å². The molecule has 210 valence electrons. The van der Waals surface area contributed by atoms with Crippen LogP contribution in [0, 0.1) is 0 Å². The first kappa shape index (κ1) is 27.3. The minimum Gasteiger partial charge on any atom is -0.491 e. The second-order valence-electron chi connectivity index (χ2n) is 10.8. The topological polar surface area (TPSA) is 148 Å². The molecule has 4 aromatic rings. The smallest absolute Gasteiger partial charge is 0.165 e. The van der Waals surface area contributed by atoms with Gasteiger partial charge in [-0.3, -0.25) is 9.47 Å². The number of benzene rings is 1. The summed E-state index contributed by atoms with van der Waals surface area (Å²) < 4.78 is 13.6. The van der Waals surface area contributed by atoms with Gasteiger partial charge in [-0.2, -0.15) is 0 Å². The molecule has 0 radical (unpaired) electrons. The lowest BCUT2D eigenvalue weighted by atomic mass is 10.1. The highest BCUT2D eigenvalue weighted by atomic mass is 16.6. The summed E-state index contributed by atoms with van der Waals surface area (Å²) in [7, 11) is 0. The summed E-state index contributed by atoms with van der Waals surface area (Å²) in [4.78, 5) is 19.1. The highest BCUT2D eigenvalue weighted by molar-refractivity contribution is 5.83. The highest BCUT2D eigenvalue weighted by Crippen LogP contribution is 2.33. The van der Waals surface area contributed by atoms with Gasteiger partial charge in [0, 0.05) is 31.3 Å². The van der Waals surface area contributed by atoms with E-state index < -0.39 is 24.5 Å². The zero-order chi connectivity index (χ0) is 27.7. The average Bonchev–Trinajstić information content (AvgIpc) is 3.57. The summed E-state index contributed by atoms with van der Waals surface area (Å²) in [5.74, 6) is 1.80. The molecule has 1 aliphatic heterocycles. The average molecular weight is 538 g/mol. The molecule has 0 unspecified atom stereocenters. The summed E-state index contributed by atoms with van der Waals surface area (Å²) in [6.45, 7) is 9.61. The Labute approximate surface area is 228 Å². The van der Waals surface area contributed by atoms with Crippen LogP contribution >= 0.6 is 0 Å². The number of nitrogens with two attached hydrogens (primary N) is 1. The molecule has 1 fully saturated rings. The number of fused-ring (bicyclic) bond motifs is 2. The molecule has 5 N–H and O–H groups in total. The number of aliphatic hydroxyl groups is 2. The molecule has 0 saturated carbocycles. The van der Waals surface area contributed by atoms with E-state index in [0.29, 0.717) is 23.4 Å². The predicted octanol–water partition coefficient (Wildman–Crippen LogP) is 3.03. The van der Waals surface area contributed by atoms with E-state index in [1.807, 2.05) is 32.0 Å². The van der Waals surface area contributed by atoms with Crippen molar-refractivity contribution in [2.75, 3.05) is 18.8 Å². The van der Waals surface area contributed by atoms with Crippen molar-refractivity contribution in [2.24, 2.45) is 0 Å². The number of rotatable bonds is 11. The molecule has 4 atom stereocenters. The number of pyridine rings is 1. The quantitative estimate of drug-likeness (QED) is 0.212. The van der Waals surface area contributed by atoms with Gasteiger partial charge in [-0.1, -0.05) is 0 Å². The second kappa shape index (κ2) is 11.5. The maximum atomic E-state index is 10.8. The standard InChI is InChI=1S/C28H39N7O4/c1-16(2)34(12-6-5-7-23-32-20-9-8-18(38-17(3)4)13-21(20)33-23)14-22-25(36)26(37)28(39-22)35-15-31-24-19(29)10-11-30-27(24)35/h8-11,13,15-17,22,25-26,28,36-37H,5-7,12,14H2,1-4H3,(H2,29,30)(H,32,33)/t22-,25-,26-,28-/m1/s1. The van der Waals surface area contributed by atoms with Crippen LogP contribution in [-0.2, 0) is 11.2 Å². The van der Waals surface area contributed by atoms with E-state index in [1.165, 1.54) is 0 Å². The summed E-state index contributed by atoms with van der Waals surface area (Å²) >= 11 is 0. The number of aryl methyl sites for hydroxylation is 1. The van der Waals surface area contributed by atoms with Crippen molar-refractivity contribution < 1.29 is 19.7 Å². The van der Waals surface area contributed by atoms with Gasteiger partial charge in [0.05, 0.1) is 29.2 Å². The van der Waals surface area contributed by atoms with Crippen molar-refractivity contribution in [3.63, 3.8) is 0 Å². The Bertz CT molecular complexity index is 1400. The number of nitrogens with zero attached hydrogens (tertiary/aromatic N) is 5. The largest absolute Gasteiger partial charge is 0.491 e. The fourth-order valence-corrected chi connectivity index (χ4v) is 5.15. The van der Waals surface area contributed by atoms with Crippen LogP contribution in [0.15, 0.2) is 36.8 Å². The van der Waals surface area contributed by atoms with Crippen molar-refractivity contribution in [3.8, 4) is 5.75 Å². The summed E-state index contributed by atoms with van der Waals surface area (Å²) in [6, 6.07) is 7.86. The van der Waals surface area contributed by atoms with Crippen LogP contribution in [0.4, 0.5) is 5.69 Å². The third-order valence-corrected chi connectivity index (χ3v) is 7.23. The lowest BCUT2D eigenvalue weighted by Crippen LogP contribution is -2.43. The van der Waals surface area contributed by atoms with Crippen molar-refractivity contribution >= 4 is 27.9 Å². The minimum absolute atomic E-state index is 0.126. The Kier molecular flexibility index (Phi) is 8.03. The SMILES string of the molecule is CC(C)Oc1ccc2nc(CCCCN(C[C@H]3O[C@@H](n4cnc5c(N)ccnc54)[C@H](O)[C@@H]3O)C(C)C)[nH]c2c1. The monoisotopic (exact) mass is 537 g/mol. The lowest BCUT2D eigenvalue weighted by molar-refractivity contribution is -0.0469. The number of imidazole rings is 2. The van der Waals surface area contributed by atoms with Crippen molar-refractivity contribution in [2.45, 2.75) is 83.6 Å². The molecule has 1 aromatic carbocycles. The molecular weight excluding hydrogens is 498 g/mol. The van der Waals surface area contributed by atoms with Gasteiger partial charge < -0.3 is 30.4 Å². The normalized spacial score (nSPS) is 21.8. The van der Waals surface area contributed by atoms with Crippen LogP contribution in [0.1, 0.15) is 52.6 Å². The third-order valence-electron chi connectivity index (χ3n) is 7.23. The predicted molar refractivity (Wildman–Crippen MR) is 149 cm³/mol. The number of aromatic amines is 1. The Morgan fingerprint density at radius 1 is 1.13 bits per heavy atom. The molecule has 0 bridgehead atoms. The van der Waals surface area contributed by atoms with Crippen molar-refractivity contribution in [1.29, 1.82) is 0 Å². The molecule has 0 amide bonds. The molecule has 39 heavy (non-hydrogen) atoms.